The van der Waals surface area contributed by atoms with Crippen molar-refractivity contribution in [3.05, 3.63) is 0 Å². The molecule has 2 N–H and O–H groups in total. The molecule has 0 aromatic rings. The summed E-state index contributed by atoms with van der Waals surface area (Å²) in [5, 5.41) is 11.8. The number of hydrogen-bond donors (Lipinski definition) is 2. The van der Waals surface area contributed by atoms with Gasteiger partial charge in [-0.25, -0.2) is 0 Å². The normalized spacial score (nSPS) is 36.8. The Kier molecular flexibility index (Phi) is 2.54. The number of aliphatic carboxylic acids is 1. The van der Waals surface area contributed by atoms with Crippen molar-refractivity contribution in [1.29, 1.82) is 0 Å². The third-order valence-electron chi connectivity index (χ3n) is 2.76. The maximum atomic E-state index is 11.4. The van der Waals surface area contributed by atoms with Crippen molar-refractivity contribution in [1.82, 2.24) is 5.32 Å². The SMILES string of the molecule is COC(=O)[C@@]1(C)CN[C@](C)(C(=O)O)C1. The molecule has 5 nitrogen and oxygen atoms in total. The average Bonchev–Trinajstić information content (AvgIpc) is 2.44. The second-order valence-corrected chi connectivity index (χ2v) is 4.22. The largest absolute Gasteiger partial charge is 0.480 e. The summed E-state index contributed by atoms with van der Waals surface area (Å²) in [6, 6.07) is 0. The molecular formula is C9H15NO4. The fourth-order valence-electron chi connectivity index (χ4n) is 1.84. The molecule has 1 aliphatic heterocycles. The lowest BCUT2D eigenvalue weighted by Gasteiger charge is -2.22. The highest BCUT2D eigenvalue weighted by atomic mass is 16.5. The van der Waals surface area contributed by atoms with Crippen LogP contribution in [0.15, 0.2) is 0 Å². The molecular weight excluding hydrogens is 186 g/mol. The van der Waals surface area contributed by atoms with Crippen molar-refractivity contribution >= 4 is 11.9 Å². The molecule has 14 heavy (non-hydrogen) atoms. The van der Waals surface area contributed by atoms with Crippen LogP contribution in [0, 0.1) is 5.41 Å². The van der Waals surface area contributed by atoms with Crippen molar-refractivity contribution in [3.63, 3.8) is 0 Å². The van der Waals surface area contributed by atoms with E-state index in [9.17, 15) is 9.59 Å². The van der Waals surface area contributed by atoms with Crippen LogP contribution in [0.25, 0.3) is 0 Å². The molecule has 0 bridgehead atoms. The number of rotatable bonds is 2. The quantitative estimate of drug-likeness (QED) is 0.615. The first-order valence-electron chi connectivity index (χ1n) is 4.41. The van der Waals surface area contributed by atoms with Crippen molar-refractivity contribution < 1.29 is 19.4 Å². The molecule has 5 heteroatoms. The van der Waals surface area contributed by atoms with E-state index in [-0.39, 0.29) is 12.4 Å². The number of esters is 1. The fraction of sp³-hybridized carbons (Fsp3) is 0.778. The first-order valence-corrected chi connectivity index (χ1v) is 4.41. The summed E-state index contributed by atoms with van der Waals surface area (Å²) in [6.45, 7) is 3.62. The van der Waals surface area contributed by atoms with Crippen molar-refractivity contribution in [2.75, 3.05) is 13.7 Å². The van der Waals surface area contributed by atoms with Crippen LogP contribution >= 0.6 is 0 Å². The number of ether oxygens (including phenoxy) is 1. The molecule has 1 saturated heterocycles. The zero-order chi connectivity index (χ0) is 11.0. The lowest BCUT2D eigenvalue weighted by molar-refractivity contribution is -0.151. The van der Waals surface area contributed by atoms with Crippen LogP contribution in [0.4, 0.5) is 0 Å². The van der Waals surface area contributed by atoms with E-state index in [1.165, 1.54) is 7.11 Å². The van der Waals surface area contributed by atoms with Crippen LogP contribution in [-0.4, -0.2) is 36.2 Å². The van der Waals surface area contributed by atoms with Gasteiger partial charge in [0.1, 0.15) is 5.54 Å². The number of hydrogen-bond acceptors (Lipinski definition) is 4. The zero-order valence-corrected chi connectivity index (χ0v) is 8.59. The average molecular weight is 201 g/mol. The third kappa shape index (κ3) is 1.59. The van der Waals surface area contributed by atoms with Crippen molar-refractivity contribution in [3.8, 4) is 0 Å². The Hall–Kier alpha value is -1.10. The van der Waals surface area contributed by atoms with E-state index < -0.39 is 16.9 Å². The zero-order valence-electron chi connectivity index (χ0n) is 8.59. The number of carbonyl (C=O) groups excluding carboxylic acids is 1. The van der Waals surface area contributed by atoms with Gasteiger partial charge >= 0.3 is 11.9 Å². The molecule has 1 rings (SSSR count). The molecule has 80 valence electrons. The predicted molar refractivity (Wildman–Crippen MR) is 48.8 cm³/mol. The molecule has 0 spiro atoms. The first kappa shape index (κ1) is 11.0. The Bertz CT molecular complexity index is 278. The highest BCUT2D eigenvalue weighted by molar-refractivity contribution is 5.83. The number of carboxylic acids is 1. The van der Waals surface area contributed by atoms with E-state index >= 15 is 0 Å². The minimum atomic E-state index is -1.02. The summed E-state index contributed by atoms with van der Waals surface area (Å²) in [5.41, 5.74) is -1.76. The summed E-state index contributed by atoms with van der Waals surface area (Å²) >= 11 is 0. The van der Waals surface area contributed by atoms with Crippen LogP contribution in [0.2, 0.25) is 0 Å². The molecule has 0 radical (unpaired) electrons. The van der Waals surface area contributed by atoms with Gasteiger partial charge in [0.05, 0.1) is 12.5 Å². The van der Waals surface area contributed by atoms with Gasteiger partial charge in [0.25, 0.3) is 0 Å². The summed E-state index contributed by atoms with van der Waals surface area (Å²) < 4.78 is 4.64. The van der Waals surface area contributed by atoms with Gasteiger partial charge in [-0.15, -0.1) is 0 Å². The second-order valence-electron chi connectivity index (χ2n) is 4.22. The van der Waals surface area contributed by atoms with Crippen LogP contribution in [-0.2, 0) is 14.3 Å². The highest BCUT2D eigenvalue weighted by Gasteiger charge is 2.51. The van der Waals surface area contributed by atoms with Crippen LogP contribution in [0.1, 0.15) is 20.3 Å². The van der Waals surface area contributed by atoms with E-state index in [0.29, 0.717) is 6.54 Å². The Morgan fingerprint density at radius 2 is 2.00 bits per heavy atom. The predicted octanol–water partition coefficient (Wildman–Crippen LogP) is 0.00230. The van der Waals surface area contributed by atoms with E-state index in [1.54, 1.807) is 13.8 Å². The van der Waals surface area contributed by atoms with Gasteiger partial charge in [-0.3, -0.25) is 9.59 Å². The third-order valence-corrected chi connectivity index (χ3v) is 2.76. The number of carbonyl (C=O) groups is 2. The van der Waals surface area contributed by atoms with Gasteiger partial charge in [-0.2, -0.15) is 0 Å². The van der Waals surface area contributed by atoms with Gasteiger partial charge in [0, 0.05) is 6.54 Å². The number of methoxy groups -OCH3 is 1. The van der Waals surface area contributed by atoms with E-state index in [4.69, 9.17) is 5.11 Å². The lowest BCUT2D eigenvalue weighted by Crippen LogP contribution is -2.44. The molecule has 0 aromatic carbocycles. The summed E-state index contributed by atoms with van der Waals surface area (Å²) in [5.74, 6) is -1.31. The Morgan fingerprint density at radius 1 is 1.43 bits per heavy atom. The van der Waals surface area contributed by atoms with Gasteiger partial charge < -0.3 is 15.2 Å². The lowest BCUT2D eigenvalue weighted by atomic mass is 9.83. The van der Waals surface area contributed by atoms with Crippen LogP contribution in [0.5, 0.6) is 0 Å². The van der Waals surface area contributed by atoms with Crippen LogP contribution in [0.3, 0.4) is 0 Å². The second kappa shape index (κ2) is 3.24. The summed E-state index contributed by atoms with van der Waals surface area (Å²) in [4.78, 5) is 22.3. The molecule has 1 aliphatic rings. The molecule has 0 aromatic heterocycles. The van der Waals surface area contributed by atoms with Crippen molar-refractivity contribution in [2.24, 2.45) is 5.41 Å². The molecule has 0 aliphatic carbocycles. The fourth-order valence-corrected chi connectivity index (χ4v) is 1.84. The molecule has 1 heterocycles. The van der Waals surface area contributed by atoms with E-state index in [1.807, 2.05) is 0 Å². The van der Waals surface area contributed by atoms with E-state index in [2.05, 4.69) is 10.1 Å². The van der Waals surface area contributed by atoms with Gasteiger partial charge in [-0.1, -0.05) is 0 Å². The topological polar surface area (TPSA) is 75.6 Å². The van der Waals surface area contributed by atoms with E-state index in [0.717, 1.165) is 0 Å². The summed E-state index contributed by atoms with van der Waals surface area (Å²) in [7, 11) is 1.31. The monoisotopic (exact) mass is 201 g/mol. The minimum Gasteiger partial charge on any atom is -0.480 e. The Labute approximate surface area is 82.4 Å². The standard InChI is InChI=1S/C9H15NO4/c1-8(7(13)14-3)4-9(2,6(11)12)10-5-8/h10H,4-5H2,1-3H3,(H,11,12)/t8-,9+/m1/s1. The molecule has 0 unspecified atom stereocenters. The highest BCUT2D eigenvalue weighted by Crippen LogP contribution is 2.35. The Morgan fingerprint density at radius 3 is 2.36 bits per heavy atom. The van der Waals surface area contributed by atoms with Crippen molar-refractivity contribution in [2.45, 2.75) is 25.8 Å². The molecule has 2 atom stereocenters. The molecule has 0 amide bonds. The maximum absolute atomic E-state index is 11.4. The van der Waals surface area contributed by atoms with Crippen LogP contribution < -0.4 is 5.32 Å². The van der Waals surface area contributed by atoms with Gasteiger partial charge in [0.2, 0.25) is 0 Å². The maximum Gasteiger partial charge on any atom is 0.323 e. The Balaban J connectivity index is 2.83. The first-order chi connectivity index (χ1) is 6.34. The summed E-state index contributed by atoms with van der Waals surface area (Å²) in [6.07, 6.45) is 0.252. The molecule has 1 fully saturated rings. The smallest absolute Gasteiger partial charge is 0.323 e. The number of carboxylic acid groups (broad SMARTS) is 1. The number of nitrogens with one attached hydrogen (secondary N) is 1. The molecule has 0 saturated carbocycles. The van der Waals surface area contributed by atoms with Gasteiger partial charge in [0.15, 0.2) is 0 Å². The minimum absolute atomic E-state index is 0.252. The van der Waals surface area contributed by atoms with Gasteiger partial charge in [-0.05, 0) is 20.3 Å².